The van der Waals surface area contributed by atoms with Gasteiger partial charge in [0.25, 0.3) is 0 Å². The minimum Gasteiger partial charge on any atom is -0.152 e. The molecule has 4 heteroatoms. The Morgan fingerprint density at radius 2 is 2.07 bits per heavy atom. The number of hydrogen-bond acceptors (Lipinski definition) is 2. The molecule has 1 unspecified atom stereocenters. The molecule has 0 aliphatic rings. The minimum absolute atomic E-state index is 0.0238. The SMILES string of the molecule is Cc1cc(Br)c(C(Cl)c2cscc2C)s1. The highest BCUT2D eigenvalue weighted by atomic mass is 79.9. The van der Waals surface area contributed by atoms with E-state index in [9.17, 15) is 0 Å². The van der Waals surface area contributed by atoms with E-state index in [1.165, 1.54) is 20.9 Å². The summed E-state index contributed by atoms with van der Waals surface area (Å²) in [4.78, 5) is 2.49. The molecule has 0 amide bonds. The molecule has 0 aliphatic carbocycles. The summed E-state index contributed by atoms with van der Waals surface area (Å²) in [5.41, 5.74) is 2.50. The zero-order valence-electron chi connectivity index (χ0n) is 8.38. The molecule has 0 aromatic carbocycles. The Morgan fingerprint density at radius 3 is 2.53 bits per heavy atom. The van der Waals surface area contributed by atoms with Crippen molar-refractivity contribution in [2.45, 2.75) is 19.2 Å². The molecule has 0 fully saturated rings. The second kappa shape index (κ2) is 4.58. The maximum atomic E-state index is 6.48. The van der Waals surface area contributed by atoms with Crippen molar-refractivity contribution in [3.8, 4) is 0 Å². The molecule has 0 nitrogen and oxygen atoms in total. The van der Waals surface area contributed by atoms with Crippen LogP contribution in [0.4, 0.5) is 0 Å². The van der Waals surface area contributed by atoms with Crippen LogP contribution in [0.25, 0.3) is 0 Å². The molecule has 2 aromatic rings. The summed E-state index contributed by atoms with van der Waals surface area (Å²) in [6.07, 6.45) is 0. The number of aryl methyl sites for hydroxylation is 2. The van der Waals surface area contributed by atoms with E-state index in [-0.39, 0.29) is 5.38 Å². The van der Waals surface area contributed by atoms with Gasteiger partial charge in [0.05, 0.1) is 5.38 Å². The van der Waals surface area contributed by atoms with E-state index in [4.69, 9.17) is 11.6 Å². The predicted octanol–water partition coefficient (Wildman–Crippen LogP) is 5.52. The quantitative estimate of drug-likeness (QED) is 0.639. The lowest BCUT2D eigenvalue weighted by Crippen LogP contribution is -1.90. The first-order valence-electron chi connectivity index (χ1n) is 4.52. The van der Waals surface area contributed by atoms with Crippen LogP contribution in [-0.2, 0) is 0 Å². The molecule has 0 bridgehead atoms. The number of alkyl halides is 1. The summed E-state index contributed by atoms with van der Waals surface area (Å²) in [6.45, 7) is 4.21. The maximum absolute atomic E-state index is 6.48. The Hall–Kier alpha value is 0.170. The minimum atomic E-state index is -0.0238. The summed E-state index contributed by atoms with van der Waals surface area (Å²) in [6, 6.07) is 2.12. The van der Waals surface area contributed by atoms with Crippen LogP contribution in [-0.4, -0.2) is 0 Å². The van der Waals surface area contributed by atoms with E-state index < -0.39 is 0 Å². The molecule has 2 heterocycles. The van der Waals surface area contributed by atoms with Gasteiger partial charge in [-0.05, 0) is 57.7 Å². The second-order valence-corrected chi connectivity index (χ2v) is 6.76. The van der Waals surface area contributed by atoms with Gasteiger partial charge in [-0.1, -0.05) is 0 Å². The standard InChI is InChI=1S/C11H10BrClS2/c1-6-4-14-5-8(6)10(13)11-9(12)3-7(2)15-11/h3-5,10H,1-2H3. The Morgan fingerprint density at radius 1 is 1.33 bits per heavy atom. The Bertz CT molecular complexity index is 473. The summed E-state index contributed by atoms with van der Waals surface area (Å²) < 4.78 is 1.12. The number of halogens is 2. The van der Waals surface area contributed by atoms with Crippen molar-refractivity contribution < 1.29 is 0 Å². The van der Waals surface area contributed by atoms with Gasteiger partial charge < -0.3 is 0 Å². The number of hydrogen-bond donors (Lipinski definition) is 0. The molecule has 0 aliphatic heterocycles. The van der Waals surface area contributed by atoms with Gasteiger partial charge >= 0.3 is 0 Å². The fourth-order valence-electron chi connectivity index (χ4n) is 1.45. The topological polar surface area (TPSA) is 0 Å². The molecule has 0 spiro atoms. The summed E-state index contributed by atoms with van der Waals surface area (Å²) in [7, 11) is 0. The van der Waals surface area contributed by atoms with Crippen molar-refractivity contribution in [1.29, 1.82) is 0 Å². The van der Waals surface area contributed by atoms with Crippen LogP contribution in [0.15, 0.2) is 21.3 Å². The van der Waals surface area contributed by atoms with E-state index in [0.717, 1.165) is 4.47 Å². The fourth-order valence-corrected chi connectivity index (χ4v) is 4.89. The van der Waals surface area contributed by atoms with Gasteiger partial charge in [-0.15, -0.1) is 22.9 Å². The first-order chi connectivity index (χ1) is 7.09. The Balaban J connectivity index is 2.40. The van der Waals surface area contributed by atoms with Crippen LogP contribution in [0.5, 0.6) is 0 Å². The largest absolute Gasteiger partial charge is 0.152 e. The third kappa shape index (κ3) is 2.31. The van der Waals surface area contributed by atoms with Gasteiger partial charge in [0.2, 0.25) is 0 Å². The number of thiophene rings is 2. The summed E-state index contributed by atoms with van der Waals surface area (Å²) in [5, 5.41) is 4.25. The van der Waals surface area contributed by atoms with Crippen LogP contribution in [0.2, 0.25) is 0 Å². The predicted molar refractivity (Wildman–Crippen MR) is 73.5 cm³/mol. The zero-order valence-corrected chi connectivity index (χ0v) is 12.4. The van der Waals surface area contributed by atoms with E-state index >= 15 is 0 Å². The molecule has 0 saturated carbocycles. The van der Waals surface area contributed by atoms with Gasteiger partial charge in [-0.2, -0.15) is 11.3 Å². The van der Waals surface area contributed by atoms with Crippen molar-refractivity contribution in [3.05, 3.63) is 42.2 Å². The molecule has 0 N–H and O–H groups in total. The normalized spacial score (nSPS) is 13.1. The molecule has 0 radical (unpaired) electrons. The van der Waals surface area contributed by atoms with Gasteiger partial charge in [0.15, 0.2) is 0 Å². The van der Waals surface area contributed by atoms with Crippen LogP contribution in [0, 0.1) is 13.8 Å². The van der Waals surface area contributed by atoms with Crippen LogP contribution >= 0.6 is 50.2 Å². The second-order valence-electron chi connectivity index (χ2n) is 3.44. The van der Waals surface area contributed by atoms with Crippen molar-refractivity contribution >= 4 is 50.2 Å². The van der Waals surface area contributed by atoms with E-state index in [0.29, 0.717) is 0 Å². The molecule has 2 rings (SSSR count). The summed E-state index contributed by atoms with van der Waals surface area (Å²) in [5.74, 6) is 0. The molecule has 2 aromatic heterocycles. The summed E-state index contributed by atoms with van der Waals surface area (Å²) >= 11 is 13.5. The molecular formula is C11H10BrClS2. The molecule has 1 atom stereocenters. The van der Waals surface area contributed by atoms with Crippen LogP contribution in [0.3, 0.4) is 0 Å². The average molecular weight is 322 g/mol. The third-order valence-corrected chi connectivity index (χ3v) is 5.73. The Labute approximate surface area is 111 Å². The first kappa shape index (κ1) is 11.6. The highest BCUT2D eigenvalue weighted by Gasteiger charge is 2.18. The van der Waals surface area contributed by atoms with Crippen molar-refractivity contribution in [2.24, 2.45) is 0 Å². The highest BCUT2D eigenvalue weighted by Crippen LogP contribution is 2.41. The first-order valence-corrected chi connectivity index (χ1v) is 7.51. The third-order valence-electron chi connectivity index (χ3n) is 2.23. The zero-order chi connectivity index (χ0) is 11.0. The lowest BCUT2D eigenvalue weighted by Gasteiger charge is -2.07. The smallest absolute Gasteiger partial charge is 0.0949 e. The van der Waals surface area contributed by atoms with E-state index in [2.05, 4.69) is 46.6 Å². The highest BCUT2D eigenvalue weighted by molar-refractivity contribution is 9.10. The lowest BCUT2D eigenvalue weighted by molar-refractivity contribution is 1.16. The average Bonchev–Trinajstić information content (AvgIpc) is 2.71. The van der Waals surface area contributed by atoms with E-state index in [1.807, 2.05) is 0 Å². The van der Waals surface area contributed by atoms with Gasteiger partial charge in [0, 0.05) is 14.2 Å². The van der Waals surface area contributed by atoms with E-state index in [1.54, 1.807) is 22.7 Å². The molecule has 0 saturated heterocycles. The van der Waals surface area contributed by atoms with Crippen molar-refractivity contribution in [2.75, 3.05) is 0 Å². The fraction of sp³-hybridized carbons (Fsp3) is 0.273. The van der Waals surface area contributed by atoms with Crippen molar-refractivity contribution in [3.63, 3.8) is 0 Å². The maximum Gasteiger partial charge on any atom is 0.0949 e. The Kier molecular flexibility index (Phi) is 3.56. The van der Waals surface area contributed by atoms with Crippen LogP contribution < -0.4 is 0 Å². The molecule has 15 heavy (non-hydrogen) atoms. The van der Waals surface area contributed by atoms with Gasteiger partial charge in [-0.25, -0.2) is 0 Å². The number of rotatable bonds is 2. The van der Waals surface area contributed by atoms with Gasteiger partial charge in [-0.3, -0.25) is 0 Å². The van der Waals surface area contributed by atoms with Crippen molar-refractivity contribution in [1.82, 2.24) is 0 Å². The molecular weight excluding hydrogens is 312 g/mol. The lowest BCUT2D eigenvalue weighted by atomic mass is 10.1. The molecule has 80 valence electrons. The monoisotopic (exact) mass is 320 g/mol. The van der Waals surface area contributed by atoms with Gasteiger partial charge in [0.1, 0.15) is 0 Å². The van der Waals surface area contributed by atoms with Crippen LogP contribution in [0.1, 0.15) is 26.3 Å².